The fourth-order valence-corrected chi connectivity index (χ4v) is 4.05. The smallest absolute Gasteiger partial charge is 0.321 e. The number of rotatable bonds is 5. The number of hydrogen-bond acceptors (Lipinski definition) is 8. The Bertz CT molecular complexity index is 1060. The third-order valence-corrected chi connectivity index (χ3v) is 5.98. The molecule has 0 atom stereocenters. The van der Waals surface area contributed by atoms with E-state index < -0.39 is 0 Å². The molecule has 0 radical (unpaired) electrons. The van der Waals surface area contributed by atoms with Gasteiger partial charge in [0.2, 0.25) is 11.8 Å². The van der Waals surface area contributed by atoms with Gasteiger partial charge in [-0.25, -0.2) is 4.98 Å². The number of H-pyrrole nitrogens is 1. The van der Waals surface area contributed by atoms with Crippen molar-refractivity contribution in [3.05, 3.63) is 30.0 Å². The Morgan fingerprint density at radius 1 is 1.13 bits per heavy atom. The van der Waals surface area contributed by atoms with Crippen LogP contribution in [-0.4, -0.2) is 62.1 Å². The van der Waals surface area contributed by atoms with Crippen molar-refractivity contribution in [2.75, 3.05) is 25.1 Å². The highest BCUT2D eigenvalue weighted by atomic mass is 16.5. The van der Waals surface area contributed by atoms with Crippen molar-refractivity contribution in [2.24, 2.45) is 0 Å². The van der Waals surface area contributed by atoms with Crippen LogP contribution in [0.5, 0.6) is 6.01 Å². The Kier molecular flexibility index (Phi) is 4.89. The van der Waals surface area contributed by atoms with E-state index in [9.17, 15) is 4.79 Å². The van der Waals surface area contributed by atoms with E-state index in [-0.39, 0.29) is 23.8 Å². The summed E-state index contributed by atoms with van der Waals surface area (Å²) in [4.78, 5) is 39.6. The molecule has 0 spiro atoms. The number of fused-ring (bicyclic) bond motifs is 1. The van der Waals surface area contributed by atoms with Crippen molar-refractivity contribution in [3.8, 4) is 6.01 Å². The van der Waals surface area contributed by atoms with E-state index in [0.29, 0.717) is 11.9 Å². The van der Waals surface area contributed by atoms with Crippen LogP contribution in [0.4, 0.5) is 5.95 Å². The molecule has 3 aromatic rings. The molecule has 0 unspecified atom stereocenters. The molecule has 2 fully saturated rings. The number of carbonyl (C=O) groups is 1. The summed E-state index contributed by atoms with van der Waals surface area (Å²) in [5, 5.41) is 2.97. The standard InChI is InChI=1S/C20H24N8O2/c1-30-20-26-17(18(29)24-13-3-2-4-13)25-19(27-20)28-9-5-12(6-10-28)14-11-23-16-15(14)21-7-8-22-16/h7-8,11-13H,2-6,9-10H2,1H3,(H,22,23)(H,24,29). The van der Waals surface area contributed by atoms with Gasteiger partial charge >= 0.3 is 6.01 Å². The first-order valence-electron chi connectivity index (χ1n) is 10.3. The molecule has 2 N–H and O–H groups in total. The van der Waals surface area contributed by atoms with Crippen LogP contribution in [0.15, 0.2) is 18.6 Å². The zero-order valence-electron chi connectivity index (χ0n) is 16.8. The first-order valence-corrected chi connectivity index (χ1v) is 10.3. The largest absolute Gasteiger partial charge is 0.467 e. The van der Waals surface area contributed by atoms with Crippen molar-refractivity contribution >= 4 is 23.0 Å². The molecule has 10 nitrogen and oxygen atoms in total. The zero-order chi connectivity index (χ0) is 20.5. The molecule has 1 saturated carbocycles. The quantitative estimate of drug-likeness (QED) is 0.656. The number of aromatic amines is 1. The van der Waals surface area contributed by atoms with Crippen molar-refractivity contribution in [1.82, 2.24) is 35.2 Å². The molecule has 30 heavy (non-hydrogen) atoms. The van der Waals surface area contributed by atoms with E-state index >= 15 is 0 Å². The summed E-state index contributed by atoms with van der Waals surface area (Å²) in [6.07, 6.45) is 10.5. The van der Waals surface area contributed by atoms with E-state index in [0.717, 1.165) is 56.4 Å². The summed E-state index contributed by atoms with van der Waals surface area (Å²) in [5.74, 6) is 0.710. The van der Waals surface area contributed by atoms with Gasteiger partial charge in [-0.1, -0.05) is 0 Å². The number of ether oxygens (including phenoxy) is 1. The fourth-order valence-electron chi connectivity index (χ4n) is 4.05. The maximum atomic E-state index is 12.5. The first kappa shape index (κ1) is 18.7. The van der Waals surface area contributed by atoms with Gasteiger partial charge in [-0.2, -0.15) is 15.0 Å². The molecule has 1 aliphatic heterocycles. The molecule has 3 aromatic heterocycles. The minimum absolute atomic E-state index is 0.109. The van der Waals surface area contributed by atoms with Crippen LogP contribution in [0.1, 0.15) is 54.2 Å². The lowest BCUT2D eigenvalue weighted by atomic mass is 9.91. The van der Waals surface area contributed by atoms with Crippen LogP contribution in [0, 0.1) is 0 Å². The van der Waals surface area contributed by atoms with Crippen LogP contribution in [0.2, 0.25) is 0 Å². The average molecular weight is 408 g/mol. The molecule has 156 valence electrons. The Morgan fingerprint density at radius 2 is 1.93 bits per heavy atom. The normalized spacial score (nSPS) is 17.7. The third-order valence-electron chi connectivity index (χ3n) is 5.98. The molecule has 4 heterocycles. The van der Waals surface area contributed by atoms with Crippen LogP contribution in [0.25, 0.3) is 11.2 Å². The molecular formula is C20H24N8O2. The van der Waals surface area contributed by atoms with E-state index in [4.69, 9.17) is 4.74 Å². The van der Waals surface area contributed by atoms with Gasteiger partial charge in [0.05, 0.1) is 7.11 Å². The number of amides is 1. The Morgan fingerprint density at radius 3 is 2.67 bits per heavy atom. The van der Waals surface area contributed by atoms with Crippen LogP contribution in [-0.2, 0) is 0 Å². The third kappa shape index (κ3) is 3.53. The molecule has 2 aliphatic rings. The summed E-state index contributed by atoms with van der Waals surface area (Å²) in [7, 11) is 1.50. The predicted molar refractivity (Wildman–Crippen MR) is 110 cm³/mol. The molecule has 1 aliphatic carbocycles. The van der Waals surface area contributed by atoms with Crippen molar-refractivity contribution in [3.63, 3.8) is 0 Å². The van der Waals surface area contributed by atoms with E-state index in [1.807, 2.05) is 6.20 Å². The van der Waals surface area contributed by atoms with Gasteiger partial charge in [0, 0.05) is 43.3 Å². The number of anilines is 1. The number of nitrogens with one attached hydrogen (secondary N) is 2. The second kappa shape index (κ2) is 7.85. The molecule has 0 aromatic carbocycles. The first-order chi connectivity index (χ1) is 14.7. The topological polar surface area (TPSA) is 122 Å². The molecule has 5 rings (SSSR count). The SMILES string of the molecule is COc1nc(C(=O)NC2CCC2)nc(N2CCC(c3c[nH]c4nccnc34)CC2)n1. The zero-order valence-corrected chi connectivity index (χ0v) is 16.8. The van der Waals surface area contributed by atoms with Gasteiger partial charge in [-0.05, 0) is 38.0 Å². The van der Waals surface area contributed by atoms with E-state index in [2.05, 4.69) is 40.1 Å². The molecule has 1 saturated heterocycles. The number of nitrogens with zero attached hydrogens (tertiary/aromatic N) is 6. The van der Waals surface area contributed by atoms with Crippen LogP contribution in [0.3, 0.4) is 0 Å². The lowest BCUT2D eigenvalue weighted by Gasteiger charge is -2.32. The predicted octanol–water partition coefficient (Wildman–Crippen LogP) is 1.82. The number of carbonyl (C=O) groups excluding carboxylic acids is 1. The molecule has 0 bridgehead atoms. The Balaban J connectivity index is 1.31. The van der Waals surface area contributed by atoms with Gasteiger partial charge < -0.3 is 19.9 Å². The summed E-state index contributed by atoms with van der Waals surface area (Å²) in [6.45, 7) is 1.54. The average Bonchev–Trinajstić information content (AvgIpc) is 3.20. The van der Waals surface area contributed by atoms with Crippen molar-refractivity contribution in [2.45, 2.75) is 44.1 Å². The Labute approximate surface area is 173 Å². The van der Waals surface area contributed by atoms with Crippen LogP contribution >= 0.6 is 0 Å². The van der Waals surface area contributed by atoms with Gasteiger partial charge in [-0.3, -0.25) is 9.78 Å². The second-order valence-electron chi connectivity index (χ2n) is 7.81. The molecular weight excluding hydrogens is 384 g/mol. The van der Waals surface area contributed by atoms with Gasteiger partial charge in [0.25, 0.3) is 5.91 Å². The number of aromatic nitrogens is 6. The van der Waals surface area contributed by atoms with Crippen LogP contribution < -0.4 is 15.0 Å². The maximum Gasteiger partial charge on any atom is 0.321 e. The fraction of sp³-hybridized carbons (Fsp3) is 0.500. The lowest BCUT2D eigenvalue weighted by Crippen LogP contribution is -2.40. The minimum Gasteiger partial charge on any atom is -0.467 e. The molecule has 10 heteroatoms. The summed E-state index contributed by atoms with van der Waals surface area (Å²) in [5.41, 5.74) is 2.96. The lowest BCUT2D eigenvalue weighted by molar-refractivity contribution is 0.0904. The second-order valence-corrected chi connectivity index (χ2v) is 7.81. The highest BCUT2D eigenvalue weighted by Crippen LogP contribution is 2.32. The number of methoxy groups -OCH3 is 1. The van der Waals surface area contributed by atoms with Gasteiger partial charge in [0.15, 0.2) is 5.65 Å². The van der Waals surface area contributed by atoms with E-state index in [1.54, 1.807) is 12.4 Å². The maximum absolute atomic E-state index is 12.5. The number of piperidine rings is 1. The monoisotopic (exact) mass is 408 g/mol. The van der Waals surface area contributed by atoms with Gasteiger partial charge in [0.1, 0.15) is 5.52 Å². The van der Waals surface area contributed by atoms with E-state index in [1.165, 1.54) is 12.7 Å². The number of hydrogen-bond donors (Lipinski definition) is 2. The minimum atomic E-state index is -0.270. The van der Waals surface area contributed by atoms with Crippen molar-refractivity contribution in [1.29, 1.82) is 0 Å². The Hall–Kier alpha value is -3.30. The summed E-state index contributed by atoms with van der Waals surface area (Å²) < 4.78 is 5.22. The highest BCUT2D eigenvalue weighted by molar-refractivity contribution is 5.91. The summed E-state index contributed by atoms with van der Waals surface area (Å²) >= 11 is 0. The molecule has 1 amide bonds. The van der Waals surface area contributed by atoms with Gasteiger partial charge in [-0.15, -0.1) is 0 Å². The van der Waals surface area contributed by atoms with Crippen molar-refractivity contribution < 1.29 is 9.53 Å². The highest BCUT2D eigenvalue weighted by Gasteiger charge is 2.27. The summed E-state index contributed by atoms with van der Waals surface area (Å²) in [6, 6.07) is 0.381.